The number of rotatable bonds is 2. The fourth-order valence-electron chi connectivity index (χ4n) is 4.66. The first-order chi connectivity index (χ1) is 13.7. The van der Waals surface area contributed by atoms with Crippen LogP contribution in [0.5, 0.6) is 0 Å². The van der Waals surface area contributed by atoms with E-state index in [0.29, 0.717) is 5.69 Å². The highest BCUT2D eigenvalue weighted by Crippen LogP contribution is 2.56. The molecule has 0 bridgehead atoms. The fraction of sp³-hybridized carbons (Fsp3) is 0.0741. The number of fused-ring (bicyclic) bond motifs is 3. The van der Waals surface area contributed by atoms with Crippen molar-refractivity contribution in [3.63, 3.8) is 0 Å². The van der Waals surface area contributed by atoms with E-state index in [2.05, 4.69) is 103 Å². The van der Waals surface area contributed by atoms with Gasteiger partial charge in [-0.2, -0.15) is 0 Å². The molecule has 5 rings (SSSR count). The fourth-order valence-corrected chi connectivity index (χ4v) is 4.66. The van der Waals surface area contributed by atoms with Crippen LogP contribution in [0.15, 0.2) is 97.1 Å². The summed E-state index contributed by atoms with van der Waals surface area (Å²) in [5.41, 5.74) is 8.93. The molecular formula is C27H19N. The molecule has 0 aromatic heterocycles. The Balaban J connectivity index is 2.00. The standard InChI is InChI=1S/C27H19N/c1-19-13-15-23-24-16-14-22(28-2)18-26(24)27(25(23)17-19,20-9-5-3-6-10-20)21-11-7-4-8-12-21/h3-18H,1H3. The van der Waals surface area contributed by atoms with Crippen molar-refractivity contribution in [1.29, 1.82) is 0 Å². The SMILES string of the molecule is [C-]#[N+]c1ccc2c(c1)C(c1ccccc1)(c1ccccc1)c1cc(C)ccc1-2. The second-order valence-electron chi connectivity index (χ2n) is 7.37. The van der Waals surface area contributed by atoms with Gasteiger partial charge in [0.2, 0.25) is 0 Å². The van der Waals surface area contributed by atoms with E-state index < -0.39 is 5.41 Å². The highest BCUT2D eigenvalue weighted by atomic mass is 14.6. The van der Waals surface area contributed by atoms with Gasteiger partial charge in [0.05, 0.1) is 12.0 Å². The molecule has 0 radical (unpaired) electrons. The zero-order chi connectivity index (χ0) is 19.1. The van der Waals surface area contributed by atoms with Gasteiger partial charge in [-0.25, -0.2) is 4.85 Å². The number of nitrogens with zero attached hydrogens (tertiary/aromatic N) is 1. The second kappa shape index (κ2) is 6.22. The quantitative estimate of drug-likeness (QED) is 0.302. The summed E-state index contributed by atoms with van der Waals surface area (Å²) < 4.78 is 0. The van der Waals surface area contributed by atoms with Crippen LogP contribution in [0.4, 0.5) is 5.69 Å². The van der Waals surface area contributed by atoms with Gasteiger partial charge in [0, 0.05) is 0 Å². The maximum atomic E-state index is 7.57. The summed E-state index contributed by atoms with van der Waals surface area (Å²) in [7, 11) is 0. The summed E-state index contributed by atoms with van der Waals surface area (Å²) in [4.78, 5) is 3.73. The Kier molecular flexibility index (Phi) is 3.67. The van der Waals surface area contributed by atoms with Crippen LogP contribution in [-0.2, 0) is 5.41 Å². The molecule has 0 atom stereocenters. The lowest BCUT2D eigenvalue weighted by Crippen LogP contribution is -2.28. The number of aryl methyl sites for hydroxylation is 1. The first kappa shape index (κ1) is 16.5. The summed E-state index contributed by atoms with van der Waals surface area (Å²) in [5, 5.41) is 0. The minimum atomic E-state index is -0.417. The largest absolute Gasteiger partial charge is 0.238 e. The smallest absolute Gasteiger partial charge is 0.187 e. The third-order valence-electron chi connectivity index (χ3n) is 5.82. The van der Waals surface area contributed by atoms with Crippen LogP contribution in [0.1, 0.15) is 27.8 Å². The summed E-state index contributed by atoms with van der Waals surface area (Å²) >= 11 is 0. The molecule has 0 saturated carbocycles. The van der Waals surface area contributed by atoms with E-state index in [4.69, 9.17) is 6.57 Å². The van der Waals surface area contributed by atoms with Crippen LogP contribution >= 0.6 is 0 Å². The van der Waals surface area contributed by atoms with Crippen molar-refractivity contribution in [2.75, 3.05) is 0 Å². The predicted molar refractivity (Wildman–Crippen MR) is 115 cm³/mol. The van der Waals surface area contributed by atoms with Crippen LogP contribution < -0.4 is 0 Å². The minimum Gasteiger partial charge on any atom is -0.238 e. The van der Waals surface area contributed by atoms with E-state index in [1.807, 2.05) is 6.07 Å². The van der Waals surface area contributed by atoms with Crippen LogP contribution in [-0.4, -0.2) is 0 Å². The Labute approximate surface area is 165 Å². The Morgan fingerprint density at radius 1 is 0.643 bits per heavy atom. The molecule has 4 aromatic carbocycles. The Morgan fingerprint density at radius 2 is 1.18 bits per heavy atom. The molecule has 0 saturated heterocycles. The van der Waals surface area contributed by atoms with Crippen molar-refractivity contribution < 1.29 is 0 Å². The molecule has 1 aliphatic rings. The maximum absolute atomic E-state index is 7.57. The number of hydrogen-bond donors (Lipinski definition) is 0. The molecule has 0 unspecified atom stereocenters. The third kappa shape index (κ3) is 2.19. The van der Waals surface area contributed by atoms with E-state index in [1.165, 1.54) is 38.9 Å². The Hall–Kier alpha value is -3.63. The van der Waals surface area contributed by atoms with Crippen molar-refractivity contribution in [2.24, 2.45) is 0 Å². The van der Waals surface area contributed by atoms with E-state index in [9.17, 15) is 0 Å². The van der Waals surface area contributed by atoms with Crippen molar-refractivity contribution in [1.82, 2.24) is 0 Å². The number of hydrogen-bond acceptors (Lipinski definition) is 0. The van der Waals surface area contributed by atoms with Gasteiger partial charge < -0.3 is 0 Å². The van der Waals surface area contributed by atoms with Gasteiger partial charge in [-0.05, 0) is 40.3 Å². The molecule has 0 amide bonds. The van der Waals surface area contributed by atoms with E-state index in [0.717, 1.165) is 0 Å². The number of benzene rings is 4. The average molecular weight is 357 g/mol. The summed E-state index contributed by atoms with van der Waals surface area (Å²) in [6, 6.07) is 34.2. The van der Waals surface area contributed by atoms with Crippen LogP contribution in [0.3, 0.4) is 0 Å². The molecule has 0 aliphatic heterocycles. The molecule has 0 fully saturated rings. The van der Waals surface area contributed by atoms with Crippen LogP contribution in [0, 0.1) is 13.5 Å². The lowest BCUT2D eigenvalue weighted by atomic mass is 9.67. The maximum Gasteiger partial charge on any atom is 0.187 e. The summed E-state index contributed by atoms with van der Waals surface area (Å²) in [5.74, 6) is 0. The van der Waals surface area contributed by atoms with Gasteiger partial charge in [0.1, 0.15) is 0 Å². The lowest BCUT2D eigenvalue weighted by molar-refractivity contribution is 0.768. The van der Waals surface area contributed by atoms with Gasteiger partial charge in [0.15, 0.2) is 5.69 Å². The second-order valence-corrected chi connectivity index (χ2v) is 7.37. The van der Waals surface area contributed by atoms with Crippen molar-refractivity contribution in [3.05, 3.63) is 136 Å². The average Bonchev–Trinajstić information content (AvgIpc) is 3.04. The van der Waals surface area contributed by atoms with Gasteiger partial charge in [-0.15, -0.1) is 0 Å². The van der Waals surface area contributed by atoms with Crippen molar-refractivity contribution in [2.45, 2.75) is 12.3 Å². The molecule has 1 nitrogen and oxygen atoms in total. The molecule has 1 aliphatic carbocycles. The Bertz CT molecular complexity index is 1170. The third-order valence-corrected chi connectivity index (χ3v) is 5.82. The highest BCUT2D eigenvalue weighted by Gasteiger charge is 2.45. The molecule has 132 valence electrons. The lowest BCUT2D eigenvalue weighted by Gasteiger charge is -2.34. The van der Waals surface area contributed by atoms with Gasteiger partial charge >= 0.3 is 0 Å². The first-order valence-corrected chi connectivity index (χ1v) is 9.49. The van der Waals surface area contributed by atoms with E-state index in [-0.39, 0.29) is 0 Å². The predicted octanol–water partition coefficient (Wildman–Crippen LogP) is 6.91. The topological polar surface area (TPSA) is 4.36 Å². The highest BCUT2D eigenvalue weighted by molar-refractivity contribution is 5.87. The molecule has 0 spiro atoms. The molecule has 1 heteroatoms. The van der Waals surface area contributed by atoms with Gasteiger partial charge in [0.25, 0.3) is 0 Å². The zero-order valence-corrected chi connectivity index (χ0v) is 15.7. The van der Waals surface area contributed by atoms with Crippen LogP contribution in [0.25, 0.3) is 16.0 Å². The van der Waals surface area contributed by atoms with E-state index >= 15 is 0 Å². The molecule has 4 aromatic rings. The molecule has 0 heterocycles. The van der Waals surface area contributed by atoms with E-state index in [1.54, 1.807) is 0 Å². The summed E-state index contributed by atoms with van der Waals surface area (Å²) in [6.07, 6.45) is 0. The first-order valence-electron chi connectivity index (χ1n) is 9.49. The summed E-state index contributed by atoms with van der Waals surface area (Å²) in [6.45, 7) is 9.71. The van der Waals surface area contributed by atoms with Gasteiger partial charge in [-0.1, -0.05) is 103 Å². The molecule has 28 heavy (non-hydrogen) atoms. The Morgan fingerprint density at radius 3 is 1.75 bits per heavy atom. The zero-order valence-electron chi connectivity index (χ0n) is 15.7. The minimum absolute atomic E-state index is 0.417. The van der Waals surface area contributed by atoms with Crippen molar-refractivity contribution >= 4 is 5.69 Å². The monoisotopic (exact) mass is 357 g/mol. The van der Waals surface area contributed by atoms with Crippen molar-refractivity contribution in [3.8, 4) is 11.1 Å². The normalized spacial score (nSPS) is 13.4. The molecule has 0 N–H and O–H groups in total. The van der Waals surface area contributed by atoms with Crippen LogP contribution in [0.2, 0.25) is 0 Å². The molecular weight excluding hydrogens is 338 g/mol. The van der Waals surface area contributed by atoms with Gasteiger partial charge in [-0.3, -0.25) is 0 Å².